The van der Waals surface area contributed by atoms with E-state index in [1.54, 1.807) is 0 Å². The molecule has 0 aromatic heterocycles. The lowest BCUT2D eigenvalue weighted by Gasteiger charge is -2.25. The predicted octanol–water partition coefficient (Wildman–Crippen LogP) is 0.675. The van der Waals surface area contributed by atoms with Crippen LogP contribution in [0.5, 0.6) is 0 Å². The summed E-state index contributed by atoms with van der Waals surface area (Å²) in [5.41, 5.74) is 6.30. The molecule has 0 bridgehead atoms. The molecule has 2 nitrogen and oxygen atoms in total. The average molecular weight is 154 g/mol. The zero-order valence-electron chi connectivity index (χ0n) is 7.51. The van der Waals surface area contributed by atoms with Gasteiger partial charge in [0.25, 0.3) is 0 Å². The van der Waals surface area contributed by atoms with E-state index in [1.165, 1.54) is 19.4 Å². The fourth-order valence-corrected chi connectivity index (χ4v) is 2.49. The van der Waals surface area contributed by atoms with E-state index in [-0.39, 0.29) is 5.54 Å². The topological polar surface area (TPSA) is 29.3 Å². The highest BCUT2D eigenvalue weighted by atomic mass is 15.2. The van der Waals surface area contributed by atoms with Crippen LogP contribution in [0.25, 0.3) is 0 Å². The van der Waals surface area contributed by atoms with Gasteiger partial charge in [-0.1, -0.05) is 0 Å². The lowest BCUT2D eigenvalue weighted by atomic mass is 9.86. The van der Waals surface area contributed by atoms with Gasteiger partial charge in [-0.3, -0.25) is 0 Å². The molecule has 0 radical (unpaired) electrons. The standard InChI is InChI=1S/C9H18N2/c1-9(10)6-11(2)5-8(9)7-3-4-7/h7-8H,3-6,10H2,1-2H3. The van der Waals surface area contributed by atoms with Gasteiger partial charge in [-0.2, -0.15) is 0 Å². The first kappa shape index (κ1) is 7.56. The zero-order chi connectivity index (χ0) is 8.06. The number of likely N-dealkylation sites (N-methyl/N-ethyl adjacent to an activating group) is 1. The van der Waals surface area contributed by atoms with E-state index < -0.39 is 0 Å². The molecule has 2 heteroatoms. The van der Waals surface area contributed by atoms with Crippen LogP contribution in [0.3, 0.4) is 0 Å². The summed E-state index contributed by atoms with van der Waals surface area (Å²) in [6.45, 7) is 4.51. The van der Waals surface area contributed by atoms with Gasteiger partial charge in [0.15, 0.2) is 0 Å². The Morgan fingerprint density at radius 2 is 2.09 bits per heavy atom. The van der Waals surface area contributed by atoms with Crippen molar-refractivity contribution in [1.29, 1.82) is 0 Å². The largest absolute Gasteiger partial charge is 0.324 e. The number of likely N-dealkylation sites (tertiary alicyclic amines) is 1. The summed E-state index contributed by atoms with van der Waals surface area (Å²) in [5.74, 6) is 1.72. The van der Waals surface area contributed by atoms with Gasteiger partial charge in [0.2, 0.25) is 0 Å². The van der Waals surface area contributed by atoms with Crippen LogP contribution in [0, 0.1) is 11.8 Å². The molecular weight excluding hydrogens is 136 g/mol. The fourth-order valence-electron chi connectivity index (χ4n) is 2.49. The molecule has 11 heavy (non-hydrogen) atoms. The van der Waals surface area contributed by atoms with E-state index in [4.69, 9.17) is 5.73 Å². The molecule has 2 unspecified atom stereocenters. The summed E-state index contributed by atoms with van der Waals surface area (Å²) in [4.78, 5) is 2.36. The average Bonchev–Trinajstić information content (AvgIpc) is 2.59. The molecule has 64 valence electrons. The molecule has 2 N–H and O–H groups in total. The second-order valence-corrected chi connectivity index (χ2v) is 4.65. The molecule has 1 aliphatic heterocycles. The summed E-state index contributed by atoms with van der Waals surface area (Å²) < 4.78 is 0. The van der Waals surface area contributed by atoms with Crippen LogP contribution >= 0.6 is 0 Å². The summed E-state index contributed by atoms with van der Waals surface area (Å²) in [5, 5.41) is 0. The third-order valence-corrected chi connectivity index (χ3v) is 3.16. The van der Waals surface area contributed by atoms with Crippen LogP contribution in [-0.4, -0.2) is 30.6 Å². The Morgan fingerprint density at radius 1 is 1.45 bits per heavy atom. The quantitative estimate of drug-likeness (QED) is 0.601. The van der Waals surface area contributed by atoms with Crippen LogP contribution in [0.4, 0.5) is 0 Å². The molecule has 1 aliphatic carbocycles. The van der Waals surface area contributed by atoms with Crippen LogP contribution in [0.1, 0.15) is 19.8 Å². The zero-order valence-corrected chi connectivity index (χ0v) is 7.51. The molecule has 2 rings (SSSR count). The van der Waals surface area contributed by atoms with Crippen molar-refractivity contribution in [2.75, 3.05) is 20.1 Å². The third kappa shape index (κ3) is 1.30. The highest BCUT2D eigenvalue weighted by Crippen LogP contribution is 2.44. The lowest BCUT2D eigenvalue weighted by Crippen LogP contribution is -2.45. The van der Waals surface area contributed by atoms with Crippen molar-refractivity contribution in [3.63, 3.8) is 0 Å². The third-order valence-electron chi connectivity index (χ3n) is 3.16. The number of hydrogen-bond donors (Lipinski definition) is 1. The van der Waals surface area contributed by atoms with E-state index >= 15 is 0 Å². The first-order chi connectivity index (χ1) is 5.09. The second-order valence-electron chi connectivity index (χ2n) is 4.65. The van der Waals surface area contributed by atoms with Gasteiger partial charge in [-0.15, -0.1) is 0 Å². The first-order valence-corrected chi connectivity index (χ1v) is 4.57. The molecule has 2 aliphatic rings. The van der Waals surface area contributed by atoms with Gasteiger partial charge in [0.1, 0.15) is 0 Å². The van der Waals surface area contributed by atoms with Crippen LogP contribution < -0.4 is 5.73 Å². The molecule has 1 heterocycles. The van der Waals surface area contributed by atoms with E-state index in [1.807, 2.05) is 0 Å². The number of nitrogens with zero attached hydrogens (tertiary/aromatic N) is 1. The minimum Gasteiger partial charge on any atom is -0.324 e. The number of hydrogen-bond acceptors (Lipinski definition) is 2. The molecule has 0 amide bonds. The van der Waals surface area contributed by atoms with Crippen LogP contribution in [-0.2, 0) is 0 Å². The first-order valence-electron chi connectivity index (χ1n) is 4.57. The number of rotatable bonds is 1. The van der Waals surface area contributed by atoms with Crippen molar-refractivity contribution in [2.45, 2.75) is 25.3 Å². The Morgan fingerprint density at radius 3 is 2.45 bits per heavy atom. The monoisotopic (exact) mass is 154 g/mol. The van der Waals surface area contributed by atoms with E-state index in [0.29, 0.717) is 0 Å². The maximum Gasteiger partial charge on any atom is 0.0298 e. The Kier molecular flexibility index (Phi) is 1.52. The minimum atomic E-state index is 0.0932. The van der Waals surface area contributed by atoms with Gasteiger partial charge >= 0.3 is 0 Å². The van der Waals surface area contributed by atoms with Crippen LogP contribution in [0.2, 0.25) is 0 Å². The fraction of sp³-hybridized carbons (Fsp3) is 1.00. The summed E-state index contributed by atoms with van der Waals surface area (Å²) in [6.07, 6.45) is 2.84. The van der Waals surface area contributed by atoms with Gasteiger partial charge in [-0.05, 0) is 38.6 Å². The van der Waals surface area contributed by atoms with Crippen molar-refractivity contribution in [1.82, 2.24) is 4.90 Å². The summed E-state index contributed by atoms with van der Waals surface area (Å²) in [7, 11) is 2.17. The normalized spacial score (nSPS) is 46.6. The maximum atomic E-state index is 6.21. The predicted molar refractivity (Wildman–Crippen MR) is 46.3 cm³/mol. The van der Waals surface area contributed by atoms with Gasteiger partial charge in [0.05, 0.1) is 0 Å². The molecule has 1 saturated carbocycles. The van der Waals surface area contributed by atoms with Crippen molar-refractivity contribution in [3.05, 3.63) is 0 Å². The summed E-state index contributed by atoms with van der Waals surface area (Å²) >= 11 is 0. The molecule has 0 spiro atoms. The van der Waals surface area contributed by atoms with Gasteiger partial charge in [0, 0.05) is 18.6 Å². The van der Waals surface area contributed by atoms with Gasteiger partial charge in [-0.25, -0.2) is 0 Å². The Hall–Kier alpha value is -0.0800. The molecular formula is C9H18N2. The number of nitrogens with two attached hydrogens (primary N) is 1. The van der Waals surface area contributed by atoms with E-state index in [2.05, 4.69) is 18.9 Å². The van der Waals surface area contributed by atoms with Crippen molar-refractivity contribution >= 4 is 0 Å². The minimum absolute atomic E-state index is 0.0932. The highest BCUT2D eigenvalue weighted by Gasteiger charge is 2.46. The second kappa shape index (κ2) is 2.20. The Balaban J connectivity index is 2.07. The van der Waals surface area contributed by atoms with Crippen LogP contribution in [0.15, 0.2) is 0 Å². The van der Waals surface area contributed by atoms with Gasteiger partial charge < -0.3 is 10.6 Å². The Labute approximate surface area is 68.7 Å². The molecule has 2 fully saturated rings. The smallest absolute Gasteiger partial charge is 0.0298 e. The summed E-state index contributed by atoms with van der Waals surface area (Å²) in [6, 6.07) is 0. The van der Waals surface area contributed by atoms with Crippen molar-refractivity contribution in [2.24, 2.45) is 17.6 Å². The molecule has 0 aromatic rings. The molecule has 2 atom stereocenters. The molecule has 0 aromatic carbocycles. The SMILES string of the molecule is CN1CC(C2CC2)C(C)(N)C1. The van der Waals surface area contributed by atoms with Crippen molar-refractivity contribution in [3.8, 4) is 0 Å². The Bertz CT molecular complexity index is 161. The van der Waals surface area contributed by atoms with E-state index in [9.17, 15) is 0 Å². The highest BCUT2D eigenvalue weighted by molar-refractivity contribution is 5.02. The molecule has 1 saturated heterocycles. The maximum absolute atomic E-state index is 6.21. The van der Waals surface area contributed by atoms with Crippen molar-refractivity contribution < 1.29 is 0 Å². The van der Waals surface area contributed by atoms with E-state index in [0.717, 1.165) is 18.4 Å². The lowest BCUT2D eigenvalue weighted by molar-refractivity contribution is 0.338.